The topological polar surface area (TPSA) is 107 Å². The Labute approximate surface area is 166 Å². The number of hydrogen-bond acceptors (Lipinski definition) is 7. The van der Waals surface area contributed by atoms with Gasteiger partial charge in [-0.2, -0.15) is 9.37 Å². The van der Waals surface area contributed by atoms with E-state index in [0.29, 0.717) is 17.3 Å². The van der Waals surface area contributed by atoms with E-state index in [1.54, 1.807) is 6.07 Å². The number of carbonyl (C=O) groups excluding carboxylic acids is 2. The molecular weight excluding hydrogens is 381 g/mol. The third-order valence-electron chi connectivity index (χ3n) is 4.95. The predicted octanol–water partition coefficient (Wildman–Crippen LogP) is 2.62. The smallest absolute Gasteiger partial charge is 0.343 e. The van der Waals surface area contributed by atoms with Crippen molar-refractivity contribution in [2.45, 2.75) is 45.6 Å². The Hall–Kier alpha value is -3.30. The summed E-state index contributed by atoms with van der Waals surface area (Å²) in [5.41, 5.74) is 0.289. The minimum absolute atomic E-state index is 0.291. The van der Waals surface area contributed by atoms with Gasteiger partial charge in [0.1, 0.15) is 17.0 Å². The van der Waals surface area contributed by atoms with Crippen molar-refractivity contribution in [2.24, 2.45) is 0 Å². The monoisotopic (exact) mass is 401 g/mol. The second-order valence-corrected chi connectivity index (χ2v) is 8.26. The molecule has 2 aromatic rings. The Morgan fingerprint density at radius 2 is 1.93 bits per heavy atom. The minimum atomic E-state index is -1.19. The number of amides is 3. The van der Waals surface area contributed by atoms with Crippen LogP contribution in [-0.2, 0) is 10.2 Å². The van der Waals surface area contributed by atoms with Gasteiger partial charge in [-0.15, -0.1) is 5.10 Å². The molecule has 3 amide bonds. The average molecular weight is 401 g/mol. The molecule has 2 aliphatic heterocycles. The fraction of sp³-hybridized carbons (Fsp3) is 0.421. The summed E-state index contributed by atoms with van der Waals surface area (Å²) in [6, 6.07) is 2.48. The van der Waals surface area contributed by atoms with E-state index in [1.807, 2.05) is 26.8 Å². The largest absolute Gasteiger partial charge is 0.492 e. The highest BCUT2D eigenvalue weighted by Gasteiger charge is 2.47. The quantitative estimate of drug-likeness (QED) is 0.788. The molecule has 9 nitrogen and oxygen atoms in total. The molecule has 0 unspecified atom stereocenters. The van der Waals surface area contributed by atoms with E-state index in [-0.39, 0.29) is 11.4 Å². The summed E-state index contributed by atoms with van der Waals surface area (Å²) in [5.74, 6) is -1.22. The zero-order chi connectivity index (χ0) is 21.1. The highest BCUT2D eigenvalue weighted by atomic mass is 19.1. The predicted molar refractivity (Wildman–Crippen MR) is 99.7 cm³/mol. The molecule has 4 rings (SSSR count). The van der Waals surface area contributed by atoms with Crippen LogP contribution in [0.3, 0.4) is 0 Å². The van der Waals surface area contributed by atoms with Gasteiger partial charge in [0, 0.05) is 11.0 Å². The SMILES string of the molecule is Cc1ccc(Oc2nnc(F)c(N3C(=O)NC(C)(C)C3=O)n2)c2c1OCC2(C)C. The number of ether oxygens (including phenoxy) is 2. The van der Waals surface area contributed by atoms with Gasteiger partial charge in [0.25, 0.3) is 11.9 Å². The summed E-state index contributed by atoms with van der Waals surface area (Å²) in [4.78, 5) is 29.2. The highest BCUT2D eigenvalue weighted by molar-refractivity contribution is 6.22. The minimum Gasteiger partial charge on any atom is -0.492 e. The molecule has 1 aromatic carbocycles. The number of nitrogens with one attached hydrogen (secondary N) is 1. The van der Waals surface area contributed by atoms with E-state index in [4.69, 9.17) is 9.47 Å². The van der Waals surface area contributed by atoms with Gasteiger partial charge < -0.3 is 14.8 Å². The lowest BCUT2D eigenvalue weighted by molar-refractivity contribution is -0.121. The van der Waals surface area contributed by atoms with Crippen molar-refractivity contribution in [1.82, 2.24) is 20.5 Å². The molecule has 0 aliphatic carbocycles. The van der Waals surface area contributed by atoms with Crippen LogP contribution in [0.2, 0.25) is 0 Å². The molecule has 3 heterocycles. The molecule has 29 heavy (non-hydrogen) atoms. The number of hydrogen-bond donors (Lipinski definition) is 1. The molecule has 0 atom stereocenters. The third-order valence-corrected chi connectivity index (χ3v) is 4.95. The van der Waals surface area contributed by atoms with E-state index >= 15 is 0 Å². The van der Waals surface area contributed by atoms with Crippen molar-refractivity contribution >= 4 is 17.8 Å². The first kappa shape index (κ1) is 19.0. The second kappa shape index (κ2) is 6.10. The molecular formula is C19H20FN5O4. The van der Waals surface area contributed by atoms with Gasteiger partial charge in [-0.05, 0) is 32.4 Å². The standard InChI is InChI=1S/C19H20FN5O4/c1-9-6-7-10(11-12(9)28-8-18(11,2)3)29-16-21-14(13(20)23-24-16)25-15(26)19(4,5)22-17(25)27/h6-7H,8H2,1-5H3,(H,22,27). The fourth-order valence-corrected chi connectivity index (χ4v) is 3.42. The van der Waals surface area contributed by atoms with Crippen molar-refractivity contribution in [2.75, 3.05) is 11.5 Å². The molecule has 0 spiro atoms. The lowest BCUT2D eigenvalue weighted by Crippen LogP contribution is -2.40. The molecule has 1 N–H and O–H groups in total. The maximum Gasteiger partial charge on any atom is 0.343 e. The van der Waals surface area contributed by atoms with Crippen LogP contribution in [0.15, 0.2) is 12.1 Å². The van der Waals surface area contributed by atoms with Crippen LogP contribution < -0.4 is 19.7 Å². The van der Waals surface area contributed by atoms with Gasteiger partial charge in [-0.25, -0.2) is 9.69 Å². The second-order valence-electron chi connectivity index (χ2n) is 8.26. The molecule has 2 aliphatic rings. The molecule has 1 aromatic heterocycles. The van der Waals surface area contributed by atoms with Crippen molar-refractivity contribution < 1.29 is 23.5 Å². The summed E-state index contributed by atoms with van der Waals surface area (Å²) in [7, 11) is 0. The highest BCUT2D eigenvalue weighted by Crippen LogP contribution is 2.46. The number of fused-ring (bicyclic) bond motifs is 1. The third kappa shape index (κ3) is 2.95. The van der Waals surface area contributed by atoms with Crippen molar-refractivity contribution in [3.8, 4) is 17.5 Å². The van der Waals surface area contributed by atoms with Crippen LogP contribution in [-0.4, -0.2) is 39.3 Å². The number of imide groups is 1. The van der Waals surface area contributed by atoms with Crippen LogP contribution in [0, 0.1) is 12.9 Å². The summed E-state index contributed by atoms with van der Waals surface area (Å²) >= 11 is 0. The number of halogens is 1. The van der Waals surface area contributed by atoms with Crippen molar-refractivity contribution in [1.29, 1.82) is 0 Å². The van der Waals surface area contributed by atoms with E-state index in [0.717, 1.165) is 16.9 Å². The van der Waals surface area contributed by atoms with Crippen molar-refractivity contribution in [3.05, 3.63) is 29.2 Å². The summed E-state index contributed by atoms with van der Waals surface area (Å²) in [6.07, 6.45) is 0. The number of aromatic nitrogens is 3. The number of nitrogens with zero attached hydrogens (tertiary/aromatic N) is 4. The molecule has 0 saturated carbocycles. The Morgan fingerprint density at radius 1 is 1.21 bits per heavy atom. The fourth-order valence-electron chi connectivity index (χ4n) is 3.42. The van der Waals surface area contributed by atoms with Crippen LogP contribution in [0.25, 0.3) is 0 Å². The first-order valence-electron chi connectivity index (χ1n) is 9.03. The lowest BCUT2D eigenvalue weighted by Gasteiger charge is -2.19. The van der Waals surface area contributed by atoms with Gasteiger partial charge in [0.2, 0.25) is 5.82 Å². The summed E-state index contributed by atoms with van der Waals surface area (Å²) in [6.45, 7) is 9.45. The molecule has 1 fully saturated rings. The Morgan fingerprint density at radius 3 is 2.59 bits per heavy atom. The Bertz CT molecular complexity index is 1050. The van der Waals surface area contributed by atoms with Crippen LogP contribution in [0.4, 0.5) is 15.0 Å². The number of urea groups is 1. The van der Waals surface area contributed by atoms with Gasteiger partial charge in [-0.3, -0.25) is 4.79 Å². The maximum atomic E-state index is 14.3. The molecule has 10 heteroatoms. The summed E-state index contributed by atoms with van der Waals surface area (Å²) < 4.78 is 25.9. The maximum absolute atomic E-state index is 14.3. The normalized spacial score (nSPS) is 19.0. The number of rotatable bonds is 3. The zero-order valence-corrected chi connectivity index (χ0v) is 16.7. The average Bonchev–Trinajstić information content (AvgIpc) is 3.06. The van der Waals surface area contributed by atoms with Gasteiger partial charge >= 0.3 is 12.0 Å². The van der Waals surface area contributed by atoms with Gasteiger partial charge in [-0.1, -0.05) is 25.0 Å². The van der Waals surface area contributed by atoms with Crippen LogP contribution in [0.1, 0.15) is 38.8 Å². The first-order chi connectivity index (χ1) is 13.5. The number of aryl methyl sites for hydroxylation is 1. The lowest BCUT2D eigenvalue weighted by atomic mass is 9.85. The van der Waals surface area contributed by atoms with Gasteiger partial charge in [0.05, 0.1) is 6.61 Å². The van der Waals surface area contributed by atoms with E-state index in [2.05, 4.69) is 20.5 Å². The molecule has 0 bridgehead atoms. The first-order valence-corrected chi connectivity index (χ1v) is 9.03. The van der Waals surface area contributed by atoms with Crippen LogP contribution >= 0.6 is 0 Å². The Kier molecular flexibility index (Phi) is 4.00. The number of benzene rings is 1. The van der Waals surface area contributed by atoms with E-state index in [1.165, 1.54) is 13.8 Å². The number of carbonyl (C=O) groups is 2. The Balaban J connectivity index is 1.73. The van der Waals surface area contributed by atoms with Crippen LogP contribution in [0.5, 0.6) is 17.5 Å². The molecule has 1 saturated heterocycles. The van der Waals surface area contributed by atoms with Crippen molar-refractivity contribution in [3.63, 3.8) is 0 Å². The zero-order valence-electron chi connectivity index (χ0n) is 16.7. The molecule has 152 valence electrons. The van der Waals surface area contributed by atoms with E-state index < -0.39 is 29.2 Å². The molecule has 0 radical (unpaired) electrons. The van der Waals surface area contributed by atoms with E-state index in [9.17, 15) is 14.0 Å². The summed E-state index contributed by atoms with van der Waals surface area (Å²) in [5, 5.41) is 9.46. The number of anilines is 1. The van der Waals surface area contributed by atoms with Gasteiger partial charge in [0.15, 0.2) is 0 Å².